The average molecular weight is 156 g/mol. The third kappa shape index (κ3) is 1.48. The fourth-order valence-corrected chi connectivity index (χ4v) is 1.42. The molecule has 1 heterocycles. The van der Waals surface area contributed by atoms with Crippen LogP contribution in [0, 0.1) is 0 Å². The molecule has 2 nitrogen and oxygen atoms in total. The largest absolute Gasteiger partial charge is 0.375 e. The molecule has 1 aromatic heterocycles. The van der Waals surface area contributed by atoms with Gasteiger partial charge in [-0.05, 0) is 12.3 Å². The van der Waals surface area contributed by atoms with Crippen LogP contribution >= 0.6 is 11.3 Å². The summed E-state index contributed by atoms with van der Waals surface area (Å²) in [5.41, 5.74) is 6.61. The van der Waals surface area contributed by atoms with Crippen LogP contribution < -0.4 is 5.73 Å². The summed E-state index contributed by atoms with van der Waals surface area (Å²) < 4.78 is 0. The maximum Gasteiger partial charge on any atom is 0.180 e. The number of rotatable bonds is 2. The Balaban J connectivity index is 2.74. The molecule has 0 bridgehead atoms. The first-order valence-electron chi connectivity index (χ1n) is 3.45. The minimum absolute atomic E-state index is 0.550. The molecule has 0 saturated heterocycles. The average Bonchev–Trinajstić information content (AvgIpc) is 2.34. The van der Waals surface area contributed by atoms with Crippen LogP contribution in [0.15, 0.2) is 5.38 Å². The van der Waals surface area contributed by atoms with Gasteiger partial charge in [-0.3, -0.25) is 0 Å². The highest BCUT2D eigenvalue weighted by Crippen LogP contribution is 2.21. The van der Waals surface area contributed by atoms with Gasteiger partial charge >= 0.3 is 0 Å². The van der Waals surface area contributed by atoms with Crippen LogP contribution in [0.3, 0.4) is 0 Å². The summed E-state index contributed by atoms with van der Waals surface area (Å²) in [6.45, 7) is 4.31. The first-order chi connectivity index (χ1) is 4.74. The zero-order valence-corrected chi connectivity index (χ0v) is 7.11. The Labute approximate surface area is 65.1 Å². The second kappa shape index (κ2) is 3.01. The van der Waals surface area contributed by atoms with Crippen molar-refractivity contribution in [1.82, 2.24) is 4.98 Å². The summed E-state index contributed by atoms with van der Waals surface area (Å²) in [6, 6.07) is 0. The SMILES string of the molecule is CCC(C)c1csc(N)n1. The van der Waals surface area contributed by atoms with Crippen molar-refractivity contribution < 1.29 is 0 Å². The van der Waals surface area contributed by atoms with E-state index in [1.54, 1.807) is 0 Å². The van der Waals surface area contributed by atoms with E-state index in [1.807, 2.05) is 5.38 Å². The Morgan fingerprint density at radius 1 is 1.80 bits per heavy atom. The third-order valence-electron chi connectivity index (χ3n) is 1.66. The zero-order chi connectivity index (χ0) is 7.56. The number of nitrogen functional groups attached to an aromatic ring is 1. The normalized spacial score (nSPS) is 13.4. The fraction of sp³-hybridized carbons (Fsp3) is 0.571. The molecule has 0 spiro atoms. The van der Waals surface area contributed by atoms with Crippen LogP contribution in [-0.2, 0) is 0 Å². The zero-order valence-electron chi connectivity index (χ0n) is 6.29. The highest BCUT2D eigenvalue weighted by atomic mass is 32.1. The summed E-state index contributed by atoms with van der Waals surface area (Å²) in [4.78, 5) is 4.18. The third-order valence-corrected chi connectivity index (χ3v) is 2.35. The molecule has 0 aromatic carbocycles. The van der Waals surface area contributed by atoms with Gasteiger partial charge in [0.1, 0.15) is 0 Å². The molecule has 2 N–H and O–H groups in total. The standard InChI is InChI=1S/C7H12N2S/c1-3-5(2)6-4-10-7(8)9-6/h4-5H,3H2,1-2H3,(H2,8,9). The maximum atomic E-state index is 5.48. The summed E-state index contributed by atoms with van der Waals surface area (Å²) in [5, 5.41) is 2.71. The number of hydrogen-bond acceptors (Lipinski definition) is 3. The van der Waals surface area contributed by atoms with Gasteiger partial charge in [-0.25, -0.2) is 4.98 Å². The smallest absolute Gasteiger partial charge is 0.180 e. The Kier molecular flexibility index (Phi) is 2.27. The lowest BCUT2D eigenvalue weighted by Crippen LogP contribution is -1.91. The second-order valence-electron chi connectivity index (χ2n) is 2.42. The fourth-order valence-electron chi connectivity index (χ4n) is 0.736. The summed E-state index contributed by atoms with van der Waals surface area (Å²) in [6.07, 6.45) is 1.13. The molecule has 1 unspecified atom stereocenters. The molecular weight excluding hydrogens is 144 g/mol. The summed E-state index contributed by atoms with van der Waals surface area (Å²) in [5.74, 6) is 0.550. The lowest BCUT2D eigenvalue weighted by atomic mass is 10.1. The molecule has 10 heavy (non-hydrogen) atoms. The number of anilines is 1. The van der Waals surface area contributed by atoms with E-state index in [4.69, 9.17) is 5.73 Å². The van der Waals surface area contributed by atoms with Crippen molar-refractivity contribution in [2.24, 2.45) is 0 Å². The number of hydrogen-bond donors (Lipinski definition) is 1. The van der Waals surface area contributed by atoms with Crippen LogP contribution in [0.5, 0.6) is 0 Å². The van der Waals surface area contributed by atoms with Gasteiger partial charge < -0.3 is 5.73 Å². The van der Waals surface area contributed by atoms with Crippen LogP contribution in [-0.4, -0.2) is 4.98 Å². The number of nitrogens with two attached hydrogens (primary N) is 1. The minimum atomic E-state index is 0.550. The van der Waals surface area contributed by atoms with Crippen molar-refractivity contribution in [1.29, 1.82) is 0 Å². The highest BCUT2D eigenvalue weighted by Gasteiger charge is 2.05. The van der Waals surface area contributed by atoms with E-state index in [0.29, 0.717) is 11.0 Å². The van der Waals surface area contributed by atoms with Crippen molar-refractivity contribution in [2.45, 2.75) is 26.2 Å². The molecule has 0 amide bonds. The molecule has 0 fully saturated rings. The Hall–Kier alpha value is -0.570. The molecule has 0 aliphatic heterocycles. The van der Waals surface area contributed by atoms with E-state index >= 15 is 0 Å². The molecule has 0 aliphatic rings. The van der Waals surface area contributed by atoms with Gasteiger partial charge in [0, 0.05) is 5.38 Å². The van der Waals surface area contributed by atoms with Crippen LogP contribution in [0.1, 0.15) is 31.9 Å². The van der Waals surface area contributed by atoms with Crippen molar-refractivity contribution in [3.05, 3.63) is 11.1 Å². The molecule has 0 radical (unpaired) electrons. The number of nitrogens with zero attached hydrogens (tertiary/aromatic N) is 1. The van der Waals surface area contributed by atoms with Gasteiger partial charge in [-0.15, -0.1) is 11.3 Å². The number of aromatic nitrogens is 1. The summed E-state index contributed by atoms with van der Waals surface area (Å²) >= 11 is 1.51. The van der Waals surface area contributed by atoms with Gasteiger partial charge in [0.25, 0.3) is 0 Å². The molecule has 56 valence electrons. The van der Waals surface area contributed by atoms with Gasteiger partial charge in [0.15, 0.2) is 5.13 Å². The molecule has 0 saturated carbocycles. The topological polar surface area (TPSA) is 38.9 Å². The van der Waals surface area contributed by atoms with E-state index in [0.717, 1.165) is 12.1 Å². The van der Waals surface area contributed by atoms with Crippen molar-refractivity contribution >= 4 is 16.5 Å². The quantitative estimate of drug-likeness (QED) is 0.713. The van der Waals surface area contributed by atoms with E-state index in [2.05, 4.69) is 18.8 Å². The molecule has 3 heteroatoms. The van der Waals surface area contributed by atoms with E-state index < -0.39 is 0 Å². The van der Waals surface area contributed by atoms with Crippen molar-refractivity contribution in [3.63, 3.8) is 0 Å². The predicted octanol–water partition coefficient (Wildman–Crippen LogP) is 2.24. The lowest BCUT2D eigenvalue weighted by molar-refractivity contribution is 0.714. The van der Waals surface area contributed by atoms with Crippen LogP contribution in [0.4, 0.5) is 5.13 Å². The van der Waals surface area contributed by atoms with E-state index in [9.17, 15) is 0 Å². The molecule has 0 aliphatic carbocycles. The Morgan fingerprint density at radius 2 is 2.50 bits per heavy atom. The first-order valence-corrected chi connectivity index (χ1v) is 4.33. The number of thiazole rings is 1. The monoisotopic (exact) mass is 156 g/mol. The minimum Gasteiger partial charge on any atom is -0.375 e. The second-order valence-corrected chi connectivity index (χ2v) is 3.31. The van der Waals surface area contributed by atoms with Crippen LogP contribution in [0.25, 0.3) is 0 Å². The van der Waals surface area contributed by atoms with Gasteiger partial charge in [-0.2, -0.15) is 0 Å². The maximum absolute atomic E-state index is 5.48. The summed E-state index contributed by atoms with van der Waals surface area (Å²) in [7, 11) is 0. The molecule has 1 atom stereocenters. The predicted molar refractivity (Wildman–Crippen MR) is 45.2 cm³/mol. The highest BCUT2D eigenvalue weighted by molar-refractivity contribution is 7.13. The Bertz CT molecular complexity index is 207. The van der Waals surface area contributed by atoms with Crippen molar-refractivity contribution in [3.8, 4) is 0 Å². The van der Waals surface area contributed by atoms with Gasteiger partial charge in [-0.1, -0.05) is 13.8 Å². The van der Waals surface area contributed by atoms with E-state index in [1.165, 1.54) is 11.3 Å². The molecule has 1 aromatic rings. The molecule has 1 rings (SSSR count). The Morgan fingerprint density at radius 3 is 2.90 bits per heavy atom. The van der Waals surface area contributed by atoms with Crippen molar-refractivity contribution in [2.75, 3.05) is 5.73 Å². The van der Waals surface area contributed by atoms with Crippen LogP contribution in [0.2, 0.25) is 0 Å². The van der Waals surface area contributed by atoms with Gasteiger partial charge in [0.05, 0.1) is 5.69 Å². The lowest BCUT2D eigenvalue weighted by Gasteiger charge is -2.01. The van der Waals surface area contributed by atoms with Gasteiger partial charge in [0.2, 0.25) is 0 Å². The van der Waals surface area contributed by atoms with E-state index in [-0.39, 0.29) is 0 Å². The molecular formula is C7H12N2S. The first kappa shape index (κ1) is 7.54.